The Hall–Kier alpha value is -0.520. The maximum atomic E-state index is 12.0. The summed E-state index contributed by atoms with van der Waals surface area (Å²) in [6.45, 7) is 4.58. The molecule has 1 rings (SSSR count). The van der Waals surface area contributed by atoms with E-state index >= 15 is 0 Å². The average Bonchev–Trinajstić information content (AvgIpc) is 2.67. The highest BCUT2D eigenvalue weighted by atomic mass is 35.5. The van der Waals surface area contributed by atoms with E-state index in [-0.39, 0.29) is 10.8 Å². The number of hydrogen-bond acceptors (Lipinski definition) is 2. The van der Waals surface area contributed by atoms with E-state index in [2.05, 4.69) is 4.98 Å². The second-order valence-electron chi connectivity index (χ2n) is 3.08. The van der Waals surface area contributed by atoms with Crippen molar-refractivity contribution in [3.05, 3.63) is 18.0 Å². The predicted octanol–water partition coefficient (Wildman–Crippen LogP) is 1.78. The zero-order valence-corrected chi connectivity index (χ0v) is 10.4. The Morgan fingerprint density at radius 3 is 2.40 bits per heavy atom. The quantitative estimate of drug-likeness (QED) is 0.810. The molecule has 0 aliphatic carbocycles. The summed E-state index contributed by atoms with van der Waals surface area (Å²) in [7, 11) is -3.35. The normalized spacial score (nSPS) is 12.3. The fourth-order valence-electron chi connectivity index (χ4n) is 1.36. The molecule has 0 spiro atoms. The van der Waals surface area contributed by atoms with Gasteiger partial charge in [-0.2, -0.15) is 4.31 Å². The molecule has 0 amide bonds. The summed E-state index contributed by atoms with van der Waals surface area (Å²) < 4.78 is 25.4. The molecule has 0 saturated heterocycles. The van der Waals surface area contributed by atoms with Crippen LogP contribution in [0.3, 0.4) is 0 Å². The van der Waals surface area contributed by atoms with Gasteiger partial charge >= 0.3 is 0 Å². The summed E-state index contributed by atoms with van der Waals surface area (Å²) in [5.74, 6) is 0.285. The molecule has 1 aromatic heterocycles. The summed E-state index contributed by atoms with van der Waals surface area (Å²) in [5.41, 5.74) is 0.711. The van der Waals surface area contributed by atoms with Crippen molar-refractivity contribution in [3.8, 4) is 0 Å². The topological polar surface area (TPSA) is 53.2 Å². The third kappa shape index (κ3) is 2.53. The Bertz CT molecular complexity index is 410. The molecule has 0 radical (unpaired) electrons. The van der Waals surface area contributed by atoms with E-state index in [1.54, 1.807) is 6.07 Å². The Morgan fingerprint density at radius 2 is 2.00 bits per heavy atom. The molecule has 0 bridgehead atoms. The van der Waals surface area contributed by atoms with Crippen LogP contribution in [0.5, 0.6) is 0 Å². The van der Waals surface area contributed by atoms with E-state index in [1.165, 1.54) is 10.5 Å². The van der Waals surface area contributed by atoms with E-state index < -0.39 is 10.0 Å². The fraction of sp³-hybridized carbons (Fsp3) is 0.556. The first-order chi connectivity index (χ1) is 7.06. The van der Waals surface area contributed by atoms with Crippen LogP contribution in [0.1, 0.15) is 19.5 Å². The largest absolute Gasteiger partial charge is 0.363 e. The van der Waals surface area contributed by atoms with Crippen LogP contribution in [-0.2, 0) is 15.9 Å². The van der Waals surface area contributed by atoms with Crippen molar-refractivity contribution in [2.24, 2.45) is 0 Å². The summed E-state index contributed by atoms with van der Waals surface area (Å²) in [6, 6.07) is 1.57. The zero-order chi connectivity index (χ0) is 11.5. The Labute approximate surface area is 95.3 Å². The second kappa shape index (κ2) is 5.01. The summed E-state index contributed by atoms with van der Waals surface area (Å²) in [4.78, 5) is 3.11. The number of aromatic amines is 1. The van der Waals surface area contributed by atoms with Gasteiger partial charge in [-0.25, -0.2) is 8.42 Å². The number of halogens is 1. The van der Waals surface area contributed by atoms with Crippen molar-refractivity contribution in [1.29, 1.82) is 0 Å². The van der Waals surface area contributed by atoms with Gasteiger partial charge in [0.1, 0.15) is 0 Å². The van der Waals surface area contributed by atoms with Crippen LogP contribution in [-0.4, -0.2) is 30.8 Å². The van der Waals surface area contributed by atoms with E-state index in [4.69, 9.17) is 11.6 Å². The number of sulfonamides is 1. The molecule has 1 heterocycles. The lowest BCUT2D eigenvalue weighted by Gasteiger charge is -2.16. The fourth-order valence-corrected chi connectivity index (χ4v) is 2.99. The van der Waals surface area contributed by atoms with Gasteiger partial charge < -0.3 is 4.98 Å². The van der Waals surface area contributed by atoms with Crippen molar-refractivity contribution < 1.29 is 8.42 Å². The van der Waals surface area contributed by atoms with Crippen molar-refractivity contribution in [2.45, 2.75) is 24.6 Å². The van der Waals surface area contributed by atoms with Crippen LogP contribution in [0.15, 0.2) is 17.2 Å². The Balaban J connectivity index is 3.04. The maximum absolute atomic E-state index is 12.0. The molecule has 1 aromatic rings. The molecular formula is C9H15ClN2O2S. The molecule has 15 heavy (non-hydrogen) atoms. The number of H-pyrrole nitrogens is 1. The summed E-state index contributed by atoms with van der Waals surface area (Å²) in [6.07, 6.45) is 1.48. The molecule has 0 unspecified atom stereocenters. The third-order valence-corrected chi connectivity index (χ3v) is 4.52. The lowest BCUT2D eigenvalue weighted by Crippen LogP contribution is -2.30. The number of alkyl halides is 1. The van der Waals surface area contributed by atoms with Gasteiger partial charge in [0.15, 0.2) is 0 Å². The van der Waals surface area contributed by atoms with Crippen molar-refractivity contribution in [3.63, 3.8) is 0 Å². The molecule has 0 fully saturated rings. The molecular weight excluding hydrogens is 236 g/mol. The first-order valence-corrected chi connectivity index (χ1v) is 6.77. The molecule has 0 aliphatic rings. The minimum absolute atomic E-state index is 0.279. The van der Waals surface area contributed by atoms with Crippen LogP contribution in [0, 0.1) is 0 Å². The van der Waals surface area contributed by atoms with Crippen molar-refractivity contribution in [1.82, 2.24) is 9.29 Å². The minimum atomic E-state index is -3.35. The van der Waals surface area contributed by atoms with Gasteiger partial charge in [0.2, 0.25) is 10.0 Å². The lowest BCUT2D eigenvalue weighted by molar-refractivity contribution is 0.445. The molecule has 0 aliphatic heterocycles. The Morgan fingerprint density at radius 1 is 1.40 bits per heavy atom. The van der Waals surface area contributed by atoms with Crippen LogP contribution >= 0.6 is 11.6 Å². The number of hydrogen-bond donors (Lipinski definition) is 1. The van der Waals surface area contributed by atoms with Crippen molar-refractivity contribution >= 4 is 21.6 Å². The standard InChI is InChI=1S/C9H15ClN2O2S/c1-3-12(4-2)15(13,14)9-5-8(6-10)11-7-9/h5,7,11H,3-4,6H2,1-2H3. The summed E-state index contributed by atoms with van der Waals surface area (Å²) >= 11 is 5.60. The monoisotopic (exact) mass is 250 g/mol. The third-order valence-electron chi connectivity index (χ3n) is 2.20. The number of rotatable bonds is 5. The van der Waals surface area contributed by atoms with Crippen LogP contribution < -0.4 is 0 Å². The highest BCUT2D eigenvalue weighted by Gasteiger charge is 2.22. The van der Waals surface area contributed by atoms with E-state index in [1.807, 2.05) is 13.8 Å². The molecule has 0 aromatic carbocycles. The molecule has 86 valence electrons. The molecule has 0 atom stereocenters. The second-order valence-corrected chi connectivity index (χ2v) is 5.29. The first kappa shape index (κ1) is 12.5. The number of nitrogens with zero attached hydrogens (tertiary/aromatic N) is 1. The predicted molar refractivity (Wildman–Crippen MR) is 60.5 cm³/mol. The van der Waals surface area contributed by atoms with Gasteiger partial charge in [-0.15, -0.1) is 11.6 Å². The molecule has 1 N–H and O–H groups in total. The van der Waals surface area contributed by atoms with E-state index in [9.17, 15) is 8.42 Å². The van der Waals surface area contributed by atoms with Gasteiger partial charge in [-0.1, -0.05) is 13.8 Å². The zero-order valence-electron chi connectivity index (χ0n) is 8.83. The van der Waals surface area contributed by atoms with Crippen LogP contribution in [0.25, 0.3) is 0 Å². The maximum Gasteiger partial charge on any atom is 0.244 e. The first-order valence-electron chi connectivity index (χ1n) is 4.79. The van der Waals surface area contributed by atoms with Gasteiger partial charge in [0.05, 0.1) is 10.8 Å². The van der Waals surface area contributed by atoms with Gasteiger partial charge in [-0.3, -0.25) is 0 Å². The van der Waals surface area contributed by atoms with Gasteiger partial charge in [-0.05, 0) is 6.07 Å². The molecule has 0 saturated carbocycles. The minimum Gasteiger partial charge on any atom is -0.363 e. The van der Waals surface area contributed by atoms with Gasteiger partial charge in [0.25, 0.3) is 0 Å². The average molecular weight is 251 g/mol. The van der Waals surface area contributed by atoms with Gasteiger partial charge in [0, 0.05) is 25.0 Å². The molecule has 6 heteroatoms. The highest BCUT2D eigenvalue weighted by molar-refractivity contribution is 7.89. The van der Waals surface area contributed by atoms with E-state index in [0.717, 1.165) is 0 Å². The lowest BCUT2D eigenvalue weighted by atomic mass is 10.5. The van der Waals surface area contributed by atoms with Crippen molar-refractivity contribution in [2.75, 3.05) is 13.1 Å². The SMILES string of the molecule is CCN(CC)S(=O)(=O)c1c[nH]c(CCl)c1. The van der Waals surface area contributed by atoms with Crippen LogP contribution in [0.4, 0.5) is 0 Å². The van der Waals surface area contributed by atoms with E-state index in [0.29, 0.717) is 18.8 Å². The number of nitrogens with one attached hydrogen (secondary N) is 1. The summed E-state index contributed by atoms with van der Waals surface area (Å²) in [5, 5.41) is 0. The van der Waals surface area contributed by atoms with Crippen LogP contribution in [0.2, 0.25) is 0 Å². The highest BCUT2D eigenvalue weighted by Crippen LogP contribution is 2.17. The number of aromatic nitrogens is 1. The Kier molecular flexibility index (Phi) is 4.19. The molecule has 4 nitrogen and oxygen atoms in total. The smallest absolute Gasteiger partial charge is 0.244 e.